The molecule has 124 valence electrons. The molecule has 0 aliphatic carbocycles. The largest absolute Gasteiger partial charge is 0.489 e. The van der Waals surface area contributed by atoms with Crippen LogP contribution in [0.4, 0.5) is 17.5 Å². The van der Waals surface area contributed by atoms with Crippen LogP contribution in [0.2, 0.25) is 0 Å². The van der Waals surface area contributed by atoms with E-state index in [4.69, 9.17) is 9.47 Å². The predicted octanol–water partition coefficient (Wildman–Crippen LogP) is 3.37. The third kappa shape index (κ3) is 5.41. The van der Waals surface area contributed by atoms with Crippen LogP contribution < -0.4 is 15.4 Å². The van der Waals surface area contributed by atoms with Crippen LogP contribution in [0.3, 0.4) is 0 Å². The quantitative estimate of drug-likeness (QED) is 0.728. The number of methoxy groups -OCH3 is 1. The third-order valence-electron chi connectivity index (χ3n) is 2.96. The van der Waals surface area contributed by atoms with Crippen LogP contribution in [-0.4, -0.2) is 36.3 Å². The van der Waals surface area contributed by atoms with Crippen molar-refractivity contribution in [2.24, 2.45) is 0 Å². The van der Waals surface area contributed by atoms with Gasteiger partial charge in [0.2, 0.25) is 5.95 Å². The van der Waals surface area contributed by atoms with Crippen molar-refractivity contribution in [2.75, 3.05) is 30.9 Å². The van der Waals surface area contributed by atoms with E-state index in [9.17, 15) is 0 Å². The average Bonchev–Trinajstić information content (AvgIpc) is 2.48. The first-order valence-electron chi connectivity index (χ1n) is 7.69. The number of aromatic nitrogens is 2. The first-order valence-corrected chi connectivity index (χ1v) is 7.69. The lowest BCUT2D eigenvalue weighted by molar-refractivity contribution is 0.210. The number of para-hydroxylation sites is 2. The van der Waals surface area contributed by atoms with E-state index in [1.807, 2.05) is 51.1 Å². The second-order valence-electron chi connectivity index (χ2n) is 5.43. The highest BCUT2D eigenvalue weighted by atomic mass is 16.5. The molecule has 23 heavy (non-hydrogen) atoms. The van der Waals surface area contributed by atoms with Gasteiger partial charge in [-0.2, -0.15) is 4.98 Å². The number of ether oxygens (including phenoxy) is 2. The van der Waals surface area contributed by atoms with E-state index in [2.05, 4.69) is 20.6 Å². The smallest absolute Gasteiger partial charge is 0.224 e. The lowest BCUT2D eigenvalue weighted by Crippen LogP contribution is -2.12. The maximum absolute atomic E-state index is 5.82. The summed E-state index contributed by atoms with van der Waals surface area (Å²) in [5, 5.41) is 6.44. The SMILES string of the molecule is COCCNc1nc(C)cc(Nc2ccccc2OC(C)C)n1. The van der Waals surface area contributed by atoms with Crippen LogP contribution in [0, 0.1) is 6.92 Å². The van der Waals surface area contributed by atoms with Crippen molar-refractivity contribution in [2.45, 2.75) is 26.9 Å². The molecule has 6 nitrogen and oxygen atoms in total. The van der Waals surface area contributed by atoms with E-state index in [0.29, 0.717) is 19.1 Å². The molecule has 0 atom stereocenters. The van der Waals surface area contributed by atoms with Crippen molar-refractivity contribution >= 4 is 17.5 Å². The standard InChI is InChI=1S/C17H24N4O2/c1-12(2)23-15-8-6-5-7-14(15)20-16-11-13(3)19-17(21-16)18-9-10-22-4/h5-8,11-12H,9-10H2,1-4H3,(H2,18,19,20,21). The van der Waals surface area contributed by atoms with Gasteiger partial charge in [-0.25, -0.2) is 4.98 Å². The van der Waals surface area contributed by atoms with Gasteiger partial charge >= 0.3 is 0 Å². The molecule has 1 heterocycles. The fraction of sp³-hybridized carbons (Fsp3) is 0.412. The fourth-order valence-electron chi connectivity index (χ4n) is 2.04. The van der Waals surface area contributed by atoms with Crippen LogP contribution in [0.1, 0.15) is 19.5 Å². The molecule has 0 bridgehead atoms. The van der Waals surface area contributed by atoms with Gasteiger partial charge in [-0.3, -0.25) is 0 Å². The van der Waals surface area contributed by atoms with Crippen molar-refractivity contribution in [1.29, 1.82) is 0 Å². The number of aryl methyl sites for hydroxylation is 1. The molecule has 1 aromatic heterocycles. The molecule has 0 unspecified atom stereocenters. The van der Waals surface area contributed by atoms with E-state index in [-0.39, 0.29) is 6.10 Å². The molecule has 2 rings (SSSR count). The van der Waals surface area contributed by atoms with Crippen molar-refractivity contribution in [3.63, 3.8) is 0 Å². The second-order valence-corrected chi connectivity index (χ2v) is 5.43. The zero-order valence-electron chi connectivity index (χ0n) is 14.1. The topological polar surface area (TPSA) is 68.3 Å². The van der Waals surface area contributed by atoms with Crippen LogP contribution in [0.15, 0.2) is 30.3 Å². The van der Waals surface area contributed by atoms with Gasteiger partial charge in [-0.1, -0.05) is 12.1 Å². The van der Waals surface area contributed by atoms with E-state index >= 15 is 0 Å². The minimum atomic E-state index is 0.108. The molecular formula is C17H24N4O2. The van der Waals surface area contributed by atoms with E-state index < -0.39 is 0 Å². The first-order chi connectivity index (χ1) is 11.1. The Hall–Kier alpha value is -2.34. The van der Waals surface area contributed by atoms with Gasteiger partial charge in [-0.05, 0) is 32.9 Å². The molecule has 0 amide bonds. The summed E-state index contributed by atoms with van der Waals surface area (Å²) in [6.07, 6.45) is 0.108. The molecule has 6 heteroatoms. The predicted molar refractivity (Wildman–Crippen MR) is 92.6 cm³/mol. The molecule has 1 aromatic carbocycles. The monoisotopic (exact) mass is 316 g/mol. The molecule has 0 spiro atoms. The fourth-order valence-corrected chi connectivity index (χ4v) is 2.04. The molecule has 0 radical (unpaired) electrons. The van der Waals surface area contributed by atoms with Gasteiger partial charge in [-0.15, -0.1) is 0 Å². The number of benzene rings is 1. The number of hydrogen-bond acceptors (Lipinski definition) is 6. The summed E-state index contributed by atoms with van der Waals surface area (Å²) in [6.45, 7) is 7.20. The van der Waals surface area contributed by atoms with Crippen LogP contribution in [-0.2, 0) is 4.74 Å². The van der Waals surface area contributed by atoms with Gasteiger partial charge in [0.1, 0.15) is 11.6 Å². The molecule has 0 saturated carbocycles. The van der Waals surface area contributed by atoms with Crippen LogP contribution in [0.25, 0.3) is 0 Å². The highest BCUT2D eigenvalue weighted by Crippen LogP contribution is 2.28. The van der Waals surface area contributed by atoms with E-state index in [0.717, 1.165) is 22.9 Å². The number of nitrogens with zero attached hydrogens (tertiary/aromatic N) is 2. The maximum Gasteiger partial charge on any atom is 0.224 e. The van der Waals surface area contributed by atoms with Gasteiger partial charge in [0.05, 0.1) is 18.4 Å². The summed E-state index contributed by atoms with van der Waals surface area (Å²) in [4.78, 5) is 8.85. The molecule has 0 aliphatic rings. The summed E-state index contributed by atoms with van der Waals surface area (Å²) in [5.74, 6) is 2.09. The Morgan fingerprint density at radius 3 is 2.70 bits per heavy atom. The Morgan fingerprint density at radius 2 is 1.96 bits per heavy atom. The Balaban J connectivity index is 2.16. The Kier molecular flexibility index (Phi) is 6.17. The van der Waals surface area contributed by atoms with Crippen molar-refractivity contribution < 1.29 is 9.47 Å². The molecule has 2 N–H and O–H groups in total. The lowest BCUT2D eigenvalue weighted by atomic mass is 10.3. The van der Waals surface area contributed by atoms with E-state index in [1.54, 1.807) is 7.11 Å². The average molecular weight is 316 g/mol. The summed E-state index contributed by atoms with van der Waals surface area (Å²) in [6, 6.07) is 9.71. The minimum Gasteiger partial charge on any atom is -0.489 e. The van der Waals surface area contributed by atoms with Crippen LogP contribution >= 0.6 is 0 Å². The number of nitrogens with one attached hydrogen (secondary N) is 2. The van der Waals surface area contributed by atoms with Crippen molar-refractivity contribution in [3.8, 4) is 5.75 Å². The molecule has 2 aromatic rings. The minimum absolute atomic E-state index is 0.108. The number of rotatable bonds is 8. The zero-order chi connectivity index (χ0) is 16.7. The Morgan fingerprint density at radius 1 is 1.17 bits per heavy atom. The lowest BCUT2D eigenvalue weighted by Gasteiger charge is -2.15. The van der Waals surface area contributed by atoms with Crippen LogP contribution in [0.5, 0.6) is 5.75 Å². The Labute approximate surface area is 137 Å². The van der Waals surface area contributed by atoms with Gasteiger partial charge < -0.3 is 20.1 Å². The highest BCUT2D eigenvalue weighted by Gasteiger charge is 2.08. The highest BCUT2D eigenvalue weighted by molar-refractivity contribution is 5.64. The van der Waals surface area contributed by atoms with Gasteiger partial charge in [0.25, 0.3) is 0 Å². The summed E-state index contributed by atoms with van der Waals surface area (Å²) in [7, 11) is 1.66. The van der Waals surface area contributed by atoms with Gasteiger partial charge in [0.15, 0.2) is 0 Å². The molecular weight excluding hydrogens is 292 g/mol. The maximum atomic E-state index is 5.82. The van der Waals surface area contributed by atoms with Crippen molar-refractivity contribution in [3.05, 3.63) is 36.0 Å². The Bertz CT molecular complexity index is 632. The van der Waals surface area contributed by atoms with Crippen molar-refractivity contribution in [1.82, 2.24) is 9.97 Å². The molecule has 0 saturated heterocycles. The van der Waals surface area contributed by atoms with Gasteiger partial charge in [0, 0.05) is 25.4 Å². The molecule has 0 aliphatic heterocycles. The summed E-state index contributed by atoms with van der Waals surface area (Å²) < 4.78 is 10.8. The first kappa shape index (κ1) is 17.0. The number of anilines is 3. The summed E-state index contributed by atoms with van der Waals surface area (Å²) >= 11 is 0. The zero-order valence-corrected chi connectivity index (χ0v) is 14.1. The number of hydrogen-bond donors (Lipinski definition) is 2. The second kappa shape index (κ2) is 8.33. The molecule has 0 fully saturated rings. The third-order valence-corrected chi connectivity index (χ3v) is 2.96. The normalized spacial score (nSPS) is 10.7. The summed E-state index contributed by atoms with van der Waals surface area (Å²) in [5.41, 5.74) is 1.76. The van der Waals surface area contributed by atoms with E-state index in [1.165, 1.54) is 0 Å².